The Balaban J connectivity index is 1.57. The first-order valence-electron chi connectivity index (χ1n) is 8.63. The van der Waals surface area contributed by atoms with Crippen molar-refractivity contribution < 1.29 is 9.59 Å². The minimum absolute atomic E-state index is 0.0124. The SMILES string of the molecule is C[C@@]12CC[C@@H]3C[C@@H]4CC(=O)CC[C@@H]4C[C@H]3[C@H]1CCC2=O. The van der Waals surface area contributed by atoms with E-state index in [4.69, 9.17) is 0 Å². The highest BCUT2D eigenvalue weighted by Gasteiger charge is 2.55. The molecule has 2 heteroatoms. The number of rotatable bonds is 0. The van der Waals surface area contributed by atoms with Gasteiger partial charge in [0.1, 0.15) is 11.6 Å². The first-order chi connectivity index (χ1) is 9.58. The third-order valence-corrected chi connectivity index (χ3v) is 7.43. The van der Waals surface area contributed by atoms with Crippen LogP contribution in [-0.4, -0.2) is 11.6 Å². The molecule has 0 radical (unpaired) electrons. The largest absolute Gasteiger partial charge is 0.300 e. The van der Waals surface area contributed by atoms with Crippen molar-refractivity contribution in [2.24, 2.45) is 35.0 Å². The van der Waals surface area contributed by atoms with Crippen molar-refractivity contribution in [2.75, 3.05) is 0 Å². The number of carbonyl (C=O) groups is 2. The van der Waals surface area contributed by atoms with Crippen LogP contribution in [0.5, 0.6) is 0 Å². The Morgan fingerprint density at radius 2 is 1.80 bits per heavy atom. The molecule has 20 heavy (non-hydrogen) atoms. The average Bonchev–Trinajstić information content (AvgIpc) is 2.73. The van der Waals surface area contributed by atoms with E-state index in [-0.39, 0.29) is 5.41 Å². The van der Waals surface area contributed by atoms with Crippen LogP contribution in [0.15, 0.2) is 0 Å². The van der Waals surface area contributed by atoms with Gasteiger partial charge in [0, 0.05) is 24.7 Å². The van der Waals surface area contributed by atoms with E-state index in [0.29, 0.717) is 23.4 Å². The predicted octanol–water partition coefficient (Wildman–Crippen LogP) is 3.78. The maximum atomic E-state index is 12.3. The Hall–Kier alpha value is -0.660. The topological polar surface area (TPSA) is 34.1 Å². The van der Waals surface area contributed by atoms with E-state index in [1.807, 2.05) is 0 Å². The zero-order chi connectivity index (χ0) is 13.9. The molecule has 0 heterocycles. The van der Waals surface area contributed by atoms with E-state index in [0.717, 1.165) is 56.3 Å². The van der Waals surface area contributed by atoms with Crippen LogP contribution in [0, 0.1) is 35.0 Å². The molecule has 6 atom stereocenters. The molecular weight excluding hydrogens is 248 g/mol. The monoisotopic (exact) mass is 274 g/mol. The van der Waals surface area contributed by atoms with Crippen molar-refractivity contribution >= 4 is 11.6 Å². The summed E-state index contributed by atoms with van der Waals surface area (Å²) in [6.07, 6.45) is 9.73. The van der Waals surface area contributed by atoms with Crippen molar-refractivity contribution in [3.8, 4) is 0 Å². The van der Waals surface area contributed by atoms with Gasteiger partial charge in [-0.2, -0.15) is 0 Å². The van der Waals surface area contributed by atoms with Crippen LogP contribution in [0.1, 0.15) is 64.7 Å². The third-order valence-electron chi connectivity index (χ3n) is 7.43. The van der Waals surface area contributed by atoms with Gasteiger partial charge >= 0.3 is 0 Å². The third kappa shape index (κ3) is 1.76. The van der Waals surface area contributed by atoms with Gasteiger partial charge < -0.3 is 0 Å². The molecule has 0 aromatic heterocycles. The van der Waals surface area contributed by atoms with Crippen LogP contribution in [0.3, 0.4) is 0 Å². The molecule has 2 nitrogen and oxygen atoms in total. The first-order valence-corrected chi connectivity index (χ1v) is 8.63. The fourth-order valence-corrected chi connectivity index (χ4v) is 6.25. The molecule has 0 spiro atoms. The van der Waals surface area contributed by atoms with Crippen LogP contribution < -0.4 is 0 Å². The van der Waals surface area contributed by atoms with Crippen LogP contribution >= 0.6 is 0 Å². The fourth-order valence-electron chi connectivity index (χ4n) is 6.25. The summed E-state index contributed by atoms with van der Waals surface area (Å²) >= 11 is 0. The molecule has 0 unspecified atom stereocenters. The second kappa shape index (κ2) is 4.42. The summed E-state index contributed by atoms with van der Waals surface area (Å²) in [4.78, 5) is 24.0. The molecule has 4 fully saturated rings. The van der Waals surface area contributed by atoms with Crippen LogP contribution in [0.2, 0.25) is 0 Å². The summed E-state index contributed by atoms with van der Waals surface area (Å²) in [7, 11) is 0. The zero-order valence-electron chi connectivity index (χ0n) is 12.6. The summed E-state index contributed by atoms with van der Waals surface area (Å²) in [6.45, 7) is 2.25. The number of fused-ring (bicyclic) bond motifs is 4. The van der Waals surface area contributed by atoms with Crippen LogP contribution in [0.25, 0.3) is 0 Å². The van der Waals surface area contributed by atoms with E-state index in [9.17, 15) is 9.59 Å². The van der Waals surface area contributed by atoms with E-state index in [1.54, 1.807) is 0 Å². The van der Waals surface area contributed by atoms with Gasteiger partial charge in [-0.05, 0) is 68.1 Å². The Morgan fingerprint density at radius 3 is 2.65 bits per heavy atom. The van der Waals surface area contributed by atoms with Gasteiger partial charge in [-0.1, -0.05) is 6.92 Å². The van der Waals surface area contributed by atoms with Gasteiger partial charge in [0.15, 0.2) is 0 Å². The second-order valence-electron chi connectivity index (χ2n) is 8.22. The Bertz CT molecular complexity index is 454. The molecule has 0 aromatic carbocycles. The predicted molar refractivity (Wildman–Crippen MR) is 77.1 cm³/mol. The molecule has 0 saturated heterocycles. The van der Waals surface area contributed by atoms with Gasteiger partial charge in [0.05, 0.1) is 0 Å². The highest BCUT2D eigenvalue weighted by Crippen LogP contribution is 2.60. The van der Waals surface area contributed by atoms with E-state index in [2.05, 4.69) is 6.92 Å². The molecule has 0 bridgehead atoms. The first kappa shape index (κ1) is 13.0. The maximum Gasteiger partial charge on any atom is 0.139 e. The number of Topliss-reactive ketones (excluding diaryl/α,β-unsaturated/α-hetero) is 2. The Morgan fingerprint density at radius 1 is 0.950 bits per heavy atom. The number of hydrogen-bond acceptors (Lipinski definition) is 2. The lowest BCUT2D eigenvalue weighted by molar-refractivity contribution is -0.132. The molecule has 0 N–H and O–H groups in total. The summed E-state index contributed by atoms with van der Waals surface area (Å²) in [5, 5.41) is 0. The lowest BCUT2D eigenvalue weighted by atomic mass is 9.52. The van der Waals surface area contributed by atoms with Gasteiger partial charge in [-0.3, -0.25) is 9.59 Å². The standard InChI is InChI=1S/C18H26O2/c1-18-7-6-12-8-13-9-14(19)3-2-11(13)10-15(12)16(18)4-5-17(18)20/h11-13,15-16H,2-10H2,1H3/t11-,12-,13-,15-,16-,18-/m1/s1. The van der Waals surface area contributed by atoms with Gasteiger partial charge in [0.25, 0.3) is 0 Å². The van der Waals surface area contributed by atoms with Gasteiger partial charge in [0.2, 0.25) is 0 Å². The second-order valence-corrected chi connectivity index (χ2v) is 8.22. The quantitative estimate of drug-likeness (QED) is 0.673. The molecule has 4 aliphatic rings. The fraction of sp³-hybridized carbons (Fsp3) is 0.889. The minimum atomic E-state index is 0.0124. The van der Waals surface area contributed by atoms with E-state index in [1.165, 1.54) is 19.3 Å². The van der Waals surface area contributed by atoms with Crippen molar-refractivity contribution in [3.63, 3.8) is 0 Å². The summed E-state index contributed by atoms with van der Waals surface area (Å²) in [5.74, 6) is 4.77. The normalized spacial score (nSPS) is 51.4. The van der Waals surface area contributed by atoms with E-state index >= 15 is 0 Å². The molecule has 4 aliphatic carbocycles. The van der Waals surface area contributed by atoms with Gasteiger partial charge in [-0.15, -0.1) is 0 Å². The Kier molecular flexibility index (Phi) is 2.88. The van der Waals surface area contributed by atoms with E-state index < -0.39 is 0 Å². The lowest BCUT2D eigenvalue weighted by Gasteiger charge is -2.52. The summed E-state index contributed by atoms with van der Waals surface area (Å²) in [6, 6.07) is 0. The minimum Gasteiger partial charge on any atom is -0.300 e. The van der Waals surface area contributed by atoms with Crippen molar-refractivity contribution in [3.05, 3.63) is 0 Å². The zero-order valence-corrected chi connectivity index (χ0v) is 12.6. The lowest BCUT2D eigenvalue weighted by Crippen LogP contribution is -2.47. The van der Waals surface area contributed by atoms with Crippen molar-refractivity contribution in [2.45, 2.75) is 64.7 Å². The summed E-state index contributed by atoms with van der Waals surface area (Å²) < 4.78 is 0. The van der Waals surface area contributed by atoms with Crippen molar-refractivity contribution in [1.82, 2.24) is 0 Å². The van der Waals surface area contributed by atoms with Gasteiger partial charge in [-0.25, -0.2) is 0 Å². The molecule has 110 valence electrons. The number of carbonyl (C=O) groups excluding carboxylic acids is 2. The number of ketones is 2. The maximum absolute atomic E-state index is 12.3. The molecular formula is C18H26O2. The van der Waals surface area contributed by atoms with Crippen LogP contribution in [0.4, 0.5) is 0 Å². The molecule has 0 aliphatic heterocycles. The molecule has 0 aromatic rings. The highest BCUT2D eigenvalue weighted by atomic mass is 16.1. The Labute approximate surface area is 121 Å². The van der Waals surface area contributed by atoms with Crippen molar-refractivity contribution in [1.29, 1.82) is 0 Å². The molecule has 4 rings (SSSR count). The summed E-state index contributed by atoms with van der Waals surface area (Å²) in [5.41, 5.74) is 0.0124. The number of hydrogen-bond donors (Lipinski definition) is 0. The average molecular weight is 274 g/mol. The highest BCUT2D eigenvalue weighted by molar-refractivity contribution is 5.87. The van der Waals surface area contributed by atoms with Crippen LogP contribution in [-0.2, 0) is 9.59 Å². The smallest absolute Gasteiger partial charge is 0.139 e. The molecule has 4 saturated carbocycles. The molecule has 0 amide bonds.